The maximum Gasteiger partial charge on any atom is 0.224 e. The lowest BCUT2D eigenvalue weighted by Crippen LogP contribution is -2.12. The Balaban J connectivity index is 1.88. The number of amides is 1. The zero-order valence-corrected chi connectivity index (χ0v) is 11.5. The Morgan fingerprint density at radius 3 is 2.57 bits per heavy atom. The third-order valence-corrected chi connectivity index (χ3v) is 3.12. The molecule has 0 aliphatic heterocycles. The van der Waals surface area contributed by atoms with Crippen LogP contribution in [-0.4, -0.2) is 11.0 Å². The third kappa shape index (κ3) is 4.44. The Morgan fingerprint density at radius 1 is 1.14 bits per heavy atom. The molecule has 2 aromatic carbocycles. The van der Waals surface area contributed by atoms with Crippen molar-refractivity contribution in [3.8, 4) is 6.07 Å². The Bertz CT molecular complexity index is 657. The van der Waals surface area contributed by atoms with E-state index in [1.165, 1.54) is 0 Å². The molecule has 0 heterocycles. The van der Waals surface area contributed by atoms with E-state index < -0.39 is 0 Å². The van der Waals surface area contributed by atoms with Crippen LogP contribution in [0.5, 0.6) is 0 Å². The number of carbonyl (C=O) groups excluding carboxylic acids is 1. The molecule has 0 aliphatic rings. The van der Waals surface area contributed by atoms with Crippen LogP contribution in [0.25, 0.3) is 0 Å². The lowest BCUT2D eigenvalue weighted by molar-refractivity contribution is -0.116. The molecule has 0 atom stereocenters. The average molecular weight is 280 g/mol. The fraction of sp³-hybridized carbons (Fsp3) is 0.176. The first-order valence-corrected chi connectivity index (χ1v) is 6.70. The second kappa shape index (κ2) is 7.22. The number of aliphatic hydroxyl groups is 1. The summed E-state index contributed by atoms with van der Waals surface area (Å²) in [5, 5.41) is 20.6. The number of carbonyl (C=O) groups is 1. The van der Waals surface area contributed by atoms with Crippen LogP contribution in [0, 0.1) is 11.3 Å². The highest BCUT2D eigenvalue weighted by atomic mass is 16.3. The molecule has 0 aliphatic carbocycles. The number of aryl methyl sites for hydroxylation is 1. The van der Waals surface area contributed by atoms with Crippen molar-refractivity contribution in [3.63, 3.8) is 0 Å². The van der Waals surface area contributed by atoms with Crippen molar-refractivity contribution in [2.75, 3.05) is 5.32 Å². The summed E-state index contributed by atoms with van der Waals surface area (Å²) in [4.78, 5) is 11.9. The number of hydrogen-bond donors (Lipinski definition) is 2. The fourth-order valence-electron chi connectivity index (χ4n) is 1.97. The number of rotatable bonds is 5. The number of nitrogens with one attached hydrogen (secondary N) is 1. The summed E-state index contributed by atoms with van der Waals surface area (Å²) < 4.78 is 0. The summed E-state index contributed by atoms with van der Waals surface area (Å²) in [5.41, 5.74) is 3.09. The van der Waals surface area contributed by atoms with Gasteiger partial charge in [-0.1, -0.05) is 24.3 Å². The van der Waals surface area contributed by atoms with E-state index in [1.807, 2.05) is 12.1 Å². The standard InChI is InChI=1S/C17H16N2O2/c18-11-14-6-4-13(5-7-14)8-9-17(21)19-16-3-1-2-15(10-16)12-20/h1-7,10,20H,8-9,12H2,(H,19,21). The van der Waals surface area contributed by atoms with Crippen LogP contribution in [0.1, 0.15) is 23.1 Å². The molecule has 2 rings (SSSR count). The first-order chi connectivity index (χ1) is 10.2. The third-order valence-electron chi connectivity index (χ3n) is 3.12. The van der Waals surface area contributed by atoms with E-state index in [-0.39, 0.29) is 12.5 Å². The van der Waals surface area contributed by atoms with Crippen LogP contribution in [0.15, 0.2) is 48.5 Å². The van der Waals surface area contributed by atoms with Crippen LogP contribution < -0.4 is 5.32 Å². The number of benzene rings is 2. The molecule has 0 aromatic heterocycles. The van der Waals surface area contributed by atoms with Gasteiger partial charge in [0.05, 0.1) is 18.2 Å². The second-order valence-electron chi connectivity index (χ2n) is 4.72. The molecule has 0 saturated carbocycles. The molecule has 106 valence electrons. The van der Waals surface area contributed by atoms with Gasteiger partial charge in [-0.3, -0.25) is 4.79 Å². The van der Waals surface area contributed by atoms with Crippen molar-refractivity contribution in [1.82, 2.24) is 0 Å². The van der Waals surface area contributed by atoms with E-state index >= 15 is 0 Å². The van der Waals surface area contributed by atoms with Crippen molar-refractivity contribution in [3.05, 3.63) is 65.2 Å². The number of nitrogens with zero attached hydrogens (tertiary/aromatic N) is 1. The van der Waals surface area contributed by atoms with Gasteiger partial charge in [-0.25, -0.2) is 0 Å². The molecule has 21 heavy (non-hydrogen) atoms. The van der Waals surface area contributed by atoms with Crippen LogP contribution >= 0.6 is 0 Å². The van der Waals surface area contributed by atoms with Crippen LogP contribution in [0.4, 0.5) is 5.69 Å². The zero-order valence-electron chi connectivity index (χ0n) is 11.5. The Hall–Kier alpha value is -2.64. The molecule has 0 radical (unpaired) electrons. The molecule has 0 saturated heterocycles. The van der Waals surface area contributed by atoms with Gasteiger partial charge in [0.15, 0.2) is 0 Å². The number of nitriles is 1. The molecule has 0 fully saturated rings. The molecule has 1 amide bonds. The maximum absolute atomic E-state index is 11.9. The van der Waals surface area contributed by atoms with Gasteiger partial charge in [-0.05, 0) is 41.8 Å². The van der Waals surface area contributed by atoms with E-state index in [0.29, 0.717) is 24.1 Å². The van der Waals surface area contributed by atoms with E-state index in [2.05, 4.69) is 11.4 Å². The molecule has 4 heteroatoms. The quantitative estimate of drug-likeness (QED) is 0.884. The minimum absolute atomic E-state index is 0.0467. The van der Waals surface area contributed by atoms with Crippen LogP contribution in [0.3, 0.4) is 0 Å². The number of hydrogen-bond acceptors (Lipinski definition) is 3. The highest BCUT2D eigenvalue weighted by molar-refractivity contribution is 5.90. The molecular weight excluding hydrogens is 264 g/mol. The van der Waals surface area contributed by atoms with Gasteiger partial charge in [0.2, 0.25) is 5.91 Å². The second-order valence-corrected chi connectivity index (χ2v) is 4.72. The van der Waals surface area contributed by atoms with Crippen molar-refractivity contribution < 1.29 is 9.90 Å². The zero-order chi connectivity index (χ0) is 15.1. The summed E-state index contributed by atoms with van der Waals surface area (Å²) in [6.07, 6.45) is 0.993. The van der Waals surface area contributed by atoms with Crippen molar-refractivity contribution in [2.45, 2.75) is 19.4 Å². The first-order valence-electron chi connectivity index (χ1n) is 6.70. The molecule has 0 bridgehead atoms. The summed E-state index contributed by atoms with van der Waals surface area (Å²) >= 11 is 0. The Kier molecular flexibility index (Phi) is 5.08. The monoisotopic (exact) mass is 280 g/mol. The topological polar surface area (TPSA) is 73.1 Å². The molecule has 0 spiro atoms. The predicted octanol–water partition coefficient (Wildman–Crippen LogP) is 2.62. The maximum atomic E-state index is 11.9. The van der Waals surface area contributed by atoms with Gasteiger partial charge >= 0.3 is 0 Å². The molecule has 2 aromatic rings. The molecule has 4 nitrogen and oxygen atoms in total. The van der Waals surface area contributed by atoms with Crippen molar-refractivity contribution >= 4 is 11.6 Å². The summed E-state index contributed by atoms with van der Waals surface area (Å²) in [7, 11) is 0. The largest absolute Gasteiger partial charge is 0.392 e. The van der Waals surface area contributed by atoms with Gasteiger partial charge in [0.25, 0.3) is 0 Å². The summed E-state index contributed by atoms with van der Waals surface area (Å²) in [6.45, 7) is -0.0467. The number of anilines is 1. The highest BCUT2D eigenvalue weighted by Crippen LogP contribution is 2.12. The normalized spacial score (nSPS) is 9.90. The summed E-state index contributed by atoms with van der Waals surface area (Å²) in [5.74, 6) is -0.0746. The fourth-order valence-corrected chi connectivity index (χ4v) is 1.97. The SMILES string of the molecule is N#Cc1ccc(CCC(=O)Nc2cccc(CO)c2)cc1. The minimum atomic E-state index is -0.0746. The van der Waals surface area contributed by atoms with Gasteiger partial charge in [-0.2, -0.15) is 5.26 Å². The van der Waals surface area contributed by atoms with E-state index in [1.54, 1.807) is 36.4 Å². The van der Waals surface area contributed by atoms with Crippen molar-refractivity contribution in [2.24, 2.45) is 0 Å². The van der Waals surface area contributed by atoms with Gasteiger partial charge in [0.1, 0.15) is 0 Å². The summed E-state index contributed by atoms with van der Waals surface area (Å²) in [6, 6.07) is 16.4. The predicted molar refractivity (Wildman–Crippen MR) is 80.5 cm³/mol. The lowest BCUT2D eigenvalue weighted by atomic mass is 10.1. The lowest BCUT2D eigenvalue weighted by Gasteiger charge is -2.06. The molecular formula is C17H16N2O2. The van der Waals surface area contributed by atoms with Crippen LogP contribution in [0.2, 0.25) is 0 Å². The van der Waals surface area contributed by atoms with Gasteiger partial charge < -0.3 is 10.4 Å². The Labute approximate surface area is 123 Å². The first kappa shape index (κ1) is 14.8. The van der Waals surface area contributed by atoms with Crippen molar-refractivity contribution in [1.29, 1.82) is 5.26 Å². The smallest absolute Gasteiger partial charge is 0.224 e. The van der Waals surface area contributed by atoms with E-state index in [9.17, 15) is 4.79 Å². The highest BCUT2D eigenvalue weighted by Gasteiger charge is 2.04. The average Bonchev–Trinajstić information content (AvgIpc) is 2.53. The van der Waals surface area contributed by atoms with Gasteiger partial charge in [0, 0.05) is 12.1 Å². The van der Waals surface area contributed by atoms with Gasteiger partial charge in [-0.15, -0.1) is 0 Å². The molecule has 0 unspecified atom stereocenters. The van der Waals surface area contributed by atoms with E-state index in [0.717, 1.165) is 11.1 Å². The molecule has 2 N–H and O–H groups in total. The van der Waals surface area contributed by atoms with E-state index in [4.69, 9.17) is 10.4 Å². The minimum Gasteiger partial charge on any atom is -0.392 e. The Morgan fingerprint density at radius 2 is 1.90 bits per heavy atom. The van der Waals surface area contributed by atoms with Crippen LogP contribution in [-0.2, 0) is 17.8 Å². The number of aliphatic hydroxyl groups excluding tert-OH is 1.